The predicted molar refractivity (Wildman–Crippen MR) is 71.2 cm³/mol. The van der Waals surface area contributed by atoms with Crippen molar-refractivity contribution in [2.24, 2.45) is 0 Å². The van der Waals surface area contributed by atoms with Crippen molar-refractivity contribution in [3.05, 3.63) is 35.6 Å². The highest BCUT2D eigenvalue weighted by Gasteiger charge is 2.31. The molecule has 0 aliphatic heterocycles. The Morgan fingerprint density at radius 1 is 1.26 bits per heavy atom. The third-order valence-corrected chi connectivity index (χ3v) is 4.24. The van der Waals surface area contributed by atoms with Crippen LogP contribution in [0.2, 0.25) is 0 Å². The van der Waals surface area contributed by atoms with Crippen LogP contribution in [0.25, 0.3) is 0 Å². The third kappa shape index (κ3) is 4.56. The lowest BCUT2D eigenvalue weighted by Gasteiger charge is -2.30. The van der Waals surface area contributed by atoms with Crippen LogP contribution in [0.4, 0.5) is 4.39 Å². The van der Waals surface area contributed by atoms with Gasteiger partial charge >= 0.3 is 0 Å². The fourth-order valence-corrected chi connectivity index (χ4v) is 2.69. The number of benzene rings is 1. The zero-order valence-electron chi connectivity index (χ0n) is 10.8. The Bertz CT molecular complexity index is 509. The van der Waals surface area contributed by atoms with Crippen LogP contribution in [-0.2, 0) is 15.3 Å². The topological polar surface area (TPSA) is 74.6 Å². The van der Waals surface area contributed by atoms with Gasteiger partial charge in [-0.05, 0) is 30.5 Å². The summed E-state index contributed by atoms with van der Waals surface area (Å²) < 4.78 is 35.4. The van der Waals surface area contributed by atoms with Crippen LogP contribution >= 0.6 is 0 Å². The Morgan fingerprint density at radius 3 is 2.37 bits per heavy atom. The van der Waals surface area contributed by atoms with E-state index in [9.17, 15) is 23.0 Å². The summed E-state index contributed by atoms with van der Waals surface area (Å²) in [5.74, 6) is -0.476. The number of sulfone groups is 1. The van der Waals surface area contributed by atoms with Gasteiger partial charge in [0.2, 0.25) is 0 Å². The van der Waals surface area contributed by atoms with Crippen LogP contribution in [0.5, 0.6) is 0 Å². The van der Waals surface area contributed by atoms with Crippen molar-refractivity contribution >= 4 is 9.84 Å². The summed E-state index contributed by atoms with van der Waals surface area (Å²) in [4.78, 5) is 0. The highest BCUT2D eigenvalue weighted by Crippen LogP contribution is 2.29. The van der Waals surface area contributed by atoms with Crippen molar-refractivity contribution in [3.8, 4) is 0 Å². The second-order valence-corrected chi connectivity index (χ2v) is 7.10. The van der Waals surface area contributed by atoms with Gasteiger partial charge in [-0.25, -0.2) is 12.8 Å². The predicted octanol–water partition coefficient (Wildman–Crippen LogP) is 0.873. The van der Waals surface area contributed by atoms with Gasteiger partial charge in [-0.3, -0.25) is 0 Å². The molecule has 0 saturated carbocycles. The van der Waals surface area contributed by atoms with E-state index in [4.69, 9.17) is 0 Å². The summed E-state index contributed by atoms with van der Waals surface area (Å²) in [6.07, 6.45) is 1.71. The Labute approximate surface area is 112 Å². The number of rotatable bonds is 7. The average Bonchev–Trinajstić information content (AvgIpc) is 2.34. The Balaban J connectivity index is 2.91. The van der Waals surface area contributed by atoms with E-state index in [1.54, 1.807) is 6.07 Å². The molecule has 2 N–H and O–H groups in total. The van der Waals surface area contributed by atoms with E-state index in [1.807, 2.05) is 0 Å². The van der Waals surface area contributed by atoms with Gasteiger partial charge in [-0.1, -0.05) is 12.1 Å². The molecule has 0 heterocycles. The normalized spacial score (nSPS) is 12.6. The van der Waals surface area contributed by atoms with Gasteiger partial charge in [-0.2, -0.15) is 0 Å². The number of aliphatic hydroxyl groups excluding tert-OH is 2. The first-order valence-electron chi connectivity index (χ1n) is 5.98. The molecule has 0 amide bonds. The minimum atomic E-state index is -3.09. The van der Waals surface area contributed by atoms with Crippen molar-refractivity contribution in [1.82, 2.24) is 0 Å². The SMILES string of the molecule is CS(=O)(=O)CCCC(CO)(CO)c1cccc(F)c1. The minimum absolute atomic E-state index is 0.0237. The smallest absolute Gasteiger partial charge is 0.147 e. The van der Waals surface area contributed by atoms with Crippen LogP contribution in [0.3, 0.4) is 0 Å². The van der Waals surface area contributed by atoms with Gasteiger partial charge in [0.1, 0.15) is 15.7 Å². The van der Waals surface area contributed by atoms with E-state index in [0.29, 0.717) is 12.0 Å². The molecule has 0 spiro atoms. The summed E-state index contributed by atoms with van der Waals surface area (Å²) in [6.45, 7) is -0.729. The zero-order valence-corrected chi connectivity index (χ0v) is 11.7. The fraction of sp³-hybridized carbons (Fsp3) is 0.538. The molecule has 4 nitrogen and oxygen atoms in total. The maximum atomic E-state index is 13.2. The highest BCUT2D eigenvalue weighted by molar-refractivity contribution is 7.90. The molecule has 1 aromatic carbocycles. The number of hydrogen-bond donors (Lipinski definition) is 2. The molecule has 0 atom stereocenters. The molecule has 0 aromatic heterocycles. The quantitative estimate of drug-likeness (QED) is 0.781. The van der Waals surface area contributed by atoms with Crippen molar-refractivity contribution < 1.29 is 23.0 Å². The second kappa shape index (κ2) is 6.45. The molecule has 0 aliphatic carbocycles. The van der Waals surface area contributed by atoms with Gasteiger partial charge in [0.05, 0.1) is 13.2 Å². The molecule has 0 aliphatic rings. The molecule has 6 heteroatoms. The maximum absolute atomic E-state index is 13.2. The molecular formula is C13H19FO4S. The van der Waals surface area contributed by atoms with Crippen molar-refractivity contribution in [1.29, 1.82) is 0 Å². The van der Waals surface area contributed by atoms with Gasteiger partial charge in [0.15, 0.2) is 0 Å². The van der Waals surface area contributed by atoms with E-state index in [0.717, 1.165) is 6.26 Å². The van der Waals surface area contributed by atoms with Gasteiger partial charge in [-0.15, -0.1) is 0 Å². The van der Waals surface area contributed by atoms with Crippen LogP contribution in [0.15, 0.2) is 24.3 Å². The van der Waals surface area contributed by atoms with E-state index in [-0.39, 0.29) is 25.4 Å². The Kier molecular flexibility index (Phi) is 5.46. The van der Waals surface area contributed by atoms with E-state index in [1.165, 1.54) is 18.2 Å². The summed E-state index contributed by atoms with van der Waals surface area (Å²) in [5, 5.41) is 19.0. The summed E-state index contributed by atoms with van der Waals surface area (Å²) in [5.41, 5.74) is -0.529. The van der Waals surface area contributed by atoms with E-state index >= 15 is 0 Å². The van der Waals surface area contributed by atoms with Crippen molar-refractivity contribution in [3.63, 3.8) is 0 Å². The largest absolute Gasteiger partial charge is 0.395 e. The second-order valence-electron chi connectivity index (χ2n) is 4.84. The Morgan fingerprint density at radius 2 is 1.89 bits per heavy atom. The monoisotopic (exact) mass is 290 g/mol. The number of halogens is 1. The minimum Gasteiger partial charge on any atom is -0.395 e. The highest BCUT2D eigenvalue weighted by atomic mass is 32.2. The number of aliphatic hydroxyl groups is 2. The maximum Gasteiger partial charge on any atom is 0.147 e. The summed E-state index contributed by atoms with van der Waals surface area (Å²) >= 11 is 0. The van der Waals surface area contributed by atoms with Gasteiger partial charge < -0.3 is 10.2 Å². The fourth-order valence-electron chi connectivity index (χ4n) is 2.03. The average molecular weight is 290 g/mol. The molecule has 0 bridgehead atoms. The third-order valence-electron chi connectivity index (χ3n) is 3.21. The van der Waals surface area contributed by atoms with E-state index in [2.05, 4.69) is 0 Å². The lowest BCUT2D eigenvalue weighted by molar-refractivity contribution is 0.108. The summed E-state index contributed by atoms with van der Waals surface area (Å²) in [6, 6.07) is 5.66. The molecule has 1 rings (SSSR count). The first kappa shape index (κ1) is 16.1. The van der Waals surface area contributed by atoms with Crippen molar-refractivity contribution in [2.45, 2.75) is 18.3 Å². The molecule has 0 radical (unpaired) electrons. The first-order chi connectivity index (χ1) is 8.83. The number of hydrogen-bond acceptors (Lipinski definition) is 4. The lowest BCUT2D eigenvalue weighted by Crippen LogP contribution is -2.35. The standard InChI is InChI=1S/C13H19FO4S/c1-19(17,18)7-3-6-13(9-15,10-16)11-4-2-5-12(14)8-11/h2,4-5,8,15-16H,3,6-7,9-10H2,1H3. The van der Waals surface area contributed by atoms with Crippen LogP contribution in [0.1, 0.15) is 18.4 Å². The van der Waals surface area contributed by atoms with Crippen LogP contribution in [-0.4, -0.2) is 43.9 Å². The van der Waals surface area contributed by atoms with Crippen LogP contribution in [0, 0.1) is 5.82 Å². The molecule has 19 heavy (non-hydrogen) atoms. The Hall–Kier alpha value is -0.980. The molecule has 0 unspecified atom stereocenters. The van der Waals surface area contributed by atoms with Gasteiger partial charge in [0.25, 0.3) is 0 Å². The summed E-state index contributed by atoms with van der Waals surface area (Å²) in [7, 11) is -3.09. The molecule has 1 aromatic rings. The lowest BCUT2D eigenvalue weighted by atomic mass is 9.78. The molecule has 0 fully saturated rings. The molecule has 0 saturated heterocycles. The molecular weight excluding hydrogens is 271 g/mol. The van der Waals surface area contributed by atoms with Crippen molar-refractivity contribution in [2.75, 3.05) is 25.2 Å². The van der Waals surface area contributed by atoms with E-state index < -0.39 is 21.1 Å². The molecule has 108 valence electrons. The first-order valence-corrected chi connectivity index (χ1v) is 8.04. The zero-order chi connectivity index (χ0) is 14.5. The van der Waals surface area contributed by atoms with Gasteiger partial charge in [0, 0.05) is 17.4 Å². The van der Waals surface area contributed by atoms with Crippen LogP contribution < -0.4 is 0 Å².